The number of sulfonamides is 1. The summed E-state index contributed by atoms with van der Waals surface area (Å²) in [6, 6.07) is 0. The second-order valence-electron chi connectivity index (χ2n) is 3.48. The fourth-order valence-corrected chi connectivity index (χ4v) is 4.08. The molecular weight excluding hydrogens is 278 g/mol. The molecule has 10 heteroatoms. The minimum Gasteiger partial charge on any atom is -0.391 e. The zero-order chi connectivity index (χ0) is 13.2. The van der Waals surface area contributed by atoms with E-state index in [0.717, 1.165) is 0 Å². The van der Waals surface area contributed by atoms with Gasteiger partial charge in [-0.2, -0.15) is 5.21 Å². The number of thiophene rings is 1. The summed E-state index contributed by atoms with van der Waals surface area (Å²) in [5.41, 5.74) is 0.602. The number of nitrogens with one attached hydrogen (secondary N) is 2. The summed E-state index contributed by atoms with van der Waals surface area (Å²) in [6.07, 6.45) is 0. The van der Waals surface area contributed by atoms with Crippen LogP contribution in [0.15, 0.2) is 10.3 Å². The van der Waals surface area contributed by atoms with E-state index in [2.05, 4.69) is 25.3 Å². The largest absolute Gasteiger partial charge is 0.391 e. The van der Waals surface area contributed by atoms with E-state index < -0.39 is 10.0 Å². The van der Waals surface area contributed by atoms with Crippen LogP contribution < -0.4 is 4.72 Å². The third-order valence-electron chi connectivity index (χ3n) is 2.21. The van der Waals surface area contributed by atoms with Crippen molar-refractivity contribution >= 4 is 21.4 Å². The van der Waals surface area contributed by atoms with Gasteiger partial charge in [-0.25, -0.2) is 13.1 Å². The monoisotopic (exact) mass is 289 g/mol. The molecule has 0 atom stereocenters. The number of nitrogens with zero attached hydrogens (tertiary/aromatic N) is 3. The molecule has 0 amide bonds. The Morgan fingerprint density at radius 1 is 1.56 bits per heavy atom. The summed E-state index contributed by atoms with van der Waals surface area (Å²) in [4.78, 5) is 0.534. The summed E-state index contributed by atoms with van der Waals surface area (Å²) in [5, 5.41) is 23.7. The number of hydrogen-bond acceptors (Lipinski definition) is 7. The molecule has 0 unspecified atom stereocenters. The molecule has 0 bridgehead atoms. The highest BCUT2D eigenvalue weighted by molar-refractivity contribution is 7.89. The van der Waals surface area contributed by atoms with Gasteiger partial charge in [-0.3, -0.25) is 0 Å². The molecule has 0 aliphatic rings. The molecule has 2 aromatic heterocycles. The van der Waals surface area contributed by atoms with Crippen LogP contribution in [0.5, 0.6) is 0 Å². The average molecular weight is 289 g/mol. The molecular formula is C8H11N5O3S2. The standard InChI is InChI=1S/C8H11N5O3S2/c1-5-4-17-6(3-14)8(5)18(15,16)9-2-7-10-12-13-11-7/h4,9,14H,2-3H2,1H3,(H,10,11,12,13). The van der Waals surface area contributed by atoms with Crippen LogP contribution in [-0.4, -0.2) is 34.1 Å². The molecule has 0 fully saturated rings. The average Bonchev–Trinajstić information content (AvgIpc) is 2.95. The molecule has 3 N–H and O–H groups in total. The second-order valence-corrected chi connectivity index (χ2v) is 6.15. The van der Waals surface area contributed by atoms with Crippen molar-refractivity contribution in [3.05, 3.63) is 21.6 Å². The van der Waals surface area contributed by atoms with Crippen LogP contribution in [0.3, 0.4) is 0 Å². The maximum atomic E-state index is 12.1. The zero-order valence-corrected chi connectivity index (χ0v) is 11.0. The van der Waals surface area contributed by atoms with Crippen LogP contribution in [0.25, 0.3) is 0 Å². The Bertz CT molecular complexity index is 619. The maximum Gasteiger partial charge on any atom is 0.242 e. The van der Waals surface area contributed by atoms with Crippen molar-refractivity contribution in [1.82, 2.24) is 25.3 Å². The number of hydrogen-bond donors (Lipinski definition) is 3. The third kappa shape index (κ3) is 2.56. The number of aromatic nitrogens is 4. The quantitative estimate of drug-likeness (QED) is 0.685. The molecule has 8 nitrogen and oxygen atoms in total. The fraction of sp³-hybridized carbons (Fsp3) is 0.375. The number of H-pyrrole nitrogens is 1. The van der Waals surface area contributed by atoms with Gasteiger partial charge in [0.25, 0.3) is 0 Å². The molecule has 2 aromatic rings. The van der Waals surface area contributed by atoms with Gasteiger partial charge in [0.05, 0.1) is 18.0 Å². The smallest absolute Gasteiger partial charge is 0.242 e. The van der Waals surface area contributed by atoms with E-state index in [1.807, 2.05) is 0 Å². The first-order valence-corrected chi connectivity index (χ1v) is 7.30. The lowest BCUT2D eigenvalue weighted by atomic mass is 10.3. The van der Waals surface area contributed by atoms with Crippen LogP contribution in [0.1, 0.15) is 16.3 Å². The van der Waals surface area contributed by atoms with E-state index in [1.165, 1.54) is 11.3 Å². The molecule has 0 aromatic carbocycles. The molecule has 0 saturated heterocycles. The van der Waals surface area contributed by atoms with Crippen molar-refractivity contribution in [2.75, 3.05) is 0 Å². The third-order valence-corrected chi connectivity index (χ3v) is 5.06. The van der Waals surface area contributed by atoms with Crippen molar-refractivity contribution in [1.29, 1.82) is 0 Å². The Labute approximate surface area is 107 Å². The zero-order valence-electron chi connectivity index (χ0n) is 9.41. The van der Waals surface area contributed by atoms with Crippen LogP contribution >= 0.6 is 11.3 Å². The normalized spacial score (nSPS) is 11.9. The number of aromatic amines is 1. The number of aryl methyl sites for hydroxylation is 1. The molecule has 0 spiro atoms. The Balaban J connectivity index is 2.22. The highest BCUT2D eigenvalue weighted by Crippen LogP contribution is 2.26. The SMILES string of the molecule is Cc1csc(CO)c1S(=O)(=O)NCc1nn[nH]n1. The number of tetrazole rings is 1. The van der Waals surface area contributed by atoms with Crippen LogP contribution in [0.2, 0.25) is 0 Å². The molecule has 0 saturated carbocycles. The van der Waals surface area contributed by atoms with Crippen LogP contribution in [0, 0.1) is 6.92 Å². The Kier molecular flexibility index (Phi) is 3.71. The number of rotatable bonds is 5. The van der Waals surface area contributed by atoms with Crippen molar-refractivity contribution < 1.29 is 13.5 Å². The maximum absolute atomic E-state index is 12.1. The number of aliphatic hydroxyl groups excluding tert-OH is 1. The van der Waals surface area contributed by atoms with E-state index in [-0.39, 0.29) is 23.9 Å². The lowest BCUT2D eigenvalue weighted by Gasteiger charge is -2.06. The Morgan fingerprint density at radius 3 is 2.94 bits per heavy atom. The van der Waals surface area contributed by atoms with Gasteiger partial charge in [-0.05, 0) is 17.9 Å². The Morgan fingerprint density at radius 2 is 2.33 bits per heavy atom. The van der Waals surface area contributed by atoms with Crippen LogP contribution in [0.4, 0.5) is 0 Å². The fourth-order valence-electron chi connectivity index (χ4n) is 1.45. The molecule has 18 heavy (non-hydrogen) atoms. The molecule has 2 heterocycles. The lowest BCUT2D eigenvalue weighted by molar-refractivity contribution is 0.282. The first-order chi connectivity index (χ1) is 8.54. The summed E-state index contributed by atoms with van der Waals surface area (Å²) in [7, 11) is -3.69. The first-order valence-electron chi connectivity index (χ1n) is 4.94. The number of aliphatic hydroxyl groups is 1. The van der Waals surface area contributed by atoms with Gasteiger partial charge >= 0.3 is 0 Å². The van der Waals surface area contributed by atoms with Crippen molar-refractivity contribution in [3.63, 3.8) is 0 Å². The lowest BCUT2D eigenvalue weighted by Crippen LogP contribution is -2.25. The van der Waals surface area contributed by atoms with E-state index in [0.29, 0.717) is 10.4 Å². The molecule has 2 rings (SSSR count). The minimum atomic E-state index is -3.69. The van der Waals surface area contributed by atoms with Gasteiger partial charge in [0.2, 0.25) is 10.0 Å². The minimum absolute atomic E-state index is 0.0566. The van der Waals surface area contributed by atoms with E-state index in [9.17, 15) is 8.42 Å². The molecule has 0 aliphatic heterocycles. The van der Waals surface area contributed by atoms with Gasteiger partial charge in [-0.1, -0.05) is 5.21 Å². The predicted octanol–water partition coefficient (Wildman–Crippen LogP) is -0.460. The second kappa shape index (κ2) is 5.10. The highest BCUT2D eigenvalue weighted by Gasteiger charge is 2.22. The summed E-state index contributed by atoms with van der Waals surface area (Å²) in [6.45, 7) is 1.31. The van der Waals surface area contributed by atoms with Gasteiger partial charge in [-0.15, -0.1) is 21.5 Å². The van der Waals surface area contributed by atoms with Gasteiger partial charge in [0.1, 0.15) is 4.90 Å². The summed E-state index contributed by atoms with van der Waals surface area (Å²) in [5.74, 6) is 0.247. The van der Waals surface area contributed by atoms with Crippen LogP contribution in [-0.2, 0) is 23.2 Å². The highest BCUT2D eigenvalue weighted by atomic mass is 32.2. The van der Waals surface area contributed by atoms with Crippen molar-refractivity contribution in [2.45, 2.75) is 25.0 Å². The van der Waals surface area contributed by atoms with E-state index in [1.54, 1.807) is 12.3 Å². The topological polar surface area (TPSA) is 121 Å². The van der Waals surface area contributed by atoms with Gasteiger partial charge in [0.15, 0.2) is 5.82 Å². The van der Waals surface area contributed by atoms with Crippen molar-refractivity contribution in [3.8, 4) is 0 Å². The molecule has 0 aliphatic carbocycles. The molecule has 98 valence electrons. The summed E-state index contributed by atoms with van der Waals surface area (Å²) >= 11 is 1.21. The van der Waals surface area contributed by atoms with E-state index in [4.69, 9.17) is 5.11 Å². The Hall–Kier alpha value is -1.36. The van der Waals surface area contributed by atoms with Gasteiger partial charge < -0.3 is 5.11 Å². The summed E-state index contributed by atoms with van der Waals surface area (Å²) < 4.78 is 26.5. The predicted molar refractivity (Wildman–Crippen MR) is 63.2 cm³/mol. The van der Waals surface area contributed by atoms with E-state index >= 15 is 0 Å². The van der Waals surface area contributed by atoms with Gasteiger partial charge in [0, 0.05) is 0 Å². The first kappa shape index (κ1) is 13.1. The molecule has 0 radical (unpaired) electrons. The van der Waals surface area contributed by atoms with Crippen molar-refractivity contribution in [2.24, 2.45) is 0 Å².